The number of aliphatic carboxylic acids is 5. The molecule has 0 aromatic rings. The highest BCUT2D eigenvalue weighted by Crippen LogP contribution is 2.15. The Morgan fingerprint density at radius 1 is 0.808 bits per heavy atom. The van der Waals surface area contributed by atoms with Gasteiger partial charge >= 0.3 is 29.8 Å². The first-order chi connectivity index (χ1) is 11.7. The Kier molecular flexibility index (Phi) is 21.3. The lowest BCUT2D eigenvalue weighted by Crippen LogP contribution is -2.42. The molecule has 0 radical (unpaired) electrons. The van der Waals surface area contributed by atoms with E-state index in [1.54, 1.807) is 6.92 Å². The fraction of sp³-hybridized carbons (Fsp3) is 0.500. The number of carboxylic acid groups (broad SMARTS) is 6. The topological polar surface area (TPSA) is 264 Å². The van der Waals surface area contributed by atoms with Gasteiger partial charge in [-0.1, -0.05) is 0 Å². The summed E-state index contributed by atoms with van der Waals surface area (Å²) in [6.45, 7) is 1.68. The van der Waals surface area contributed by atoms with Crippen LogP contribution < -0.4 is 0 Å². The summed E-state index contributed by atoms with van der Waals surface area (Å²) in [5, 5.41) is 63.7. The molecule has 26 heavy (non-hydrogen) atoms. The Balaban J connectivity index is -0.000000155. The lowest BCUT2D eigenvalue weighted by molar-refractivity contribution is -0.170. The maximum atomic E-state index is 10.3. The van der Waals surface area contributed by atoms with Gasteiger partial charge in [-0.25, -0.2) is 4.79 Å². The number of aliphatic hydroxyl groups excluding tert-OH is 1. The van der Waals surface area contributed by atoms with Gasteiger partial charge < -0.3 is 40.9 Å². The van der Waals surface area contributed by atoms with Crippen molar-refractivity contribution in [3.05, 3.63) is 0 Å². The molecule has 0 saturated carbocycles. The Labute approximate surface area is 145 Å². The van der Waals surface area contributed by atoms with Crippen molar-refractivity contribution in [1.82, 2.24) is 0 Å². The van der Waals surface area contributed by atoms with E-state index in [0.29, 0.717) is 0 Å². The van der Waals surface area contributed by atoms with Gasteiger partial charge in [0.15, 0.2) is 5.60 Å². The first-order valence-corrected chi connectivity index (χ1v) is 6.25. The molecule has 0 aliphatic rings. The van der Waals surface area contributed by atoms with Gasteiger partial charge in [0.1, 0.15) is 6.42 Å². The Hall–Kier alpha value is -3.26. The summed E-state index contributed by atoms with van der Waals surface area (Å²) >= 11 is 0. The van der Waals surface area contributed by atoms with Crippen molar-refractivity contribution >= 4 is 36.3 Å². The van der Waals surface area contributed by atoms with Gasteiger partial charge in [-0.3, -0.25) is 24.0 Å². The van der Waals surface area contributed by atoms with E-state index < -0.39 is 54.7 Å². The minimum atomic E-state index is -2.74. The second kappa shape index (κ2) is 18.1. The third-order valence-corrected chi connectivity index (χ3v) is 1.59. The van der Waals surface area contributed by atoms with Crippen molar-refractivity contribution < 1.29 is 69.6 Å². The second-order valence-electron chi connectivity index (χ2n) is 3.86. The molecule has 14 heteroatoms. The van der Waals surface area contributed by atoms with Crippen LogP contribution in [-0.4, -0.2) is 89.4 Å². The van der Waals surface area contributed by atoms with E-state index in [4.69, 9.17) is 45.6 Å². The van der Waals surface area contributed by atoms with Crippen molar-refractivity contribution in [3.63, 3.8) is 0 Å². The standard InChI is InChI=1S/C6H8O7.C3H4O4.C2H6O.CH2O2/c7-3(8)1-6(13,5(11)12)2-4(9)10;4-2(5)1-3(6)7;1-2-3;2-1-3/h13H,1-2H2,(H,7,8)(H,9,10)(H,11,12);1H2,(H,4,5)(H,6,7);3H,2H2,1H3;1H,(H,2,3). The lowest BCUT2D eigenvalue weighted by Gasteiger charge is -2.18. The van der Waals surface area contributed by atoms with E-state index >= 15 is 0 Å². The van der Waals surface area contributed by atoms with E-state index in [0.717, 1.165) is 0 Å². The van der Waals surface area contributed by atoms with Gasteiger partial charge in [-0.15, -0.1) is 0 Å². The molecule has 0 atom stereocenters. The smallest absolute Gasteiger partial charge is 0.336 e. The van der Waals surface area contributed by atoms with E-state index in [1.807, 2.05) is 0 Å². The highest BCUT2D eigenvalue weighted by Gasteiger charge is 2.40. The highest BCUT2D eigenvalue weighted by atomic mass is 16.4. The first kappa shape index (κ1) is 30.6. The molecule has 152 valence electrons. The van der Waals surface area contributed by atoms with Crippen LogP contribution in [0, 0.1) is 0 Å². The van der Waals surface area contributed by atoms with Gasteiger partial charge in [-0.2, -0.15) is 0 Å². The molecular formula is C12H20O14. The van der Waals surface area contributed by atoms with Gasteiger partial charge in [0.2, 0.25) is 0 Å². The average molecular weight is 388 g/mol. The number of hydrogen-bond donors (Lipinski definition) is 8. The monoisotopic (exact) mass is 388 g/mol. The zero-order valence-electron chi connectivity index (χ0n) is 13.4. The first-order valence-electron chi connectivity index (χ1n) is 6.25. The van der Waals surface area contributed by atoms with Gasteiger partial charge in [0.05, 0.1) is 12.8 Å². The van der Waals surface area contributed by atoms with Crippen LogP contribution in [0.1, 0.15) is 26.2 Å². The highest BCUT2D eigenvalue weighted by molar-refractivity contribution is 5.89. The van der Waals surface area contributed by atoms with Crippen molar-refractivity contribution in [3.8, 4) is 0 Å². The van der Waals surface area contributed by atoms with Crippen molar-refractivity contribution in [2.24, 2.45) is 0 Å². The van der Waals surface area contributed by atoms with Crippen molar-refractivity contribution in [1.29, 1.82) is 0 Å². The van der Waals surface area contributed by atoms with Crippen LogP contribution in [-0.2, 0) is 28.8 Å². The van der Waals surface area contributed by atoms with Gasteiger partial charge in [-0.05, 0) is 6.92 Å². The van der Waals surface area contributed by atoms with E-state index in [-0.39, 0.29) is 13.1 Å². The molecule has 0 fully saturated rings. The SMILES string of the molecule is CCO.O=C(O)CC(=O)O.O=C(O)CC(O)(CC(=O)O)C(=O)O.O=CO. The molecule has 0 aliphatic carbocycles. The summed E-state index contributed by atoms with van der Waals surface area (Å²) in [7, 11) is 0. The average Bonchev–Trinajstić information content (AvgIpc) is 2.37. The fourth-order valence-electron chi connectivity index (χ4n) is 0.843. The van der Waals surface area contributed by atoms with Crippen LogP contribution in [0.15, 0.2) is 0 Å². The predicted octanol–water partition coefficient (Wildman–Crippen LogP) is -2.00. The largest absolute Gasteiger partial charge is 0.483 e. The zero-order valence-corrected chi connectivity index (χ0v) is 13.4. The lowest BCUT2D eigenvalue weighted by atomic mass is 9.96. The van der Waals surface area contributed by atoms with Crippen LogP contribution in [0.2, 0.25) is 0 Å². The number of rotatable bonds is 7. The number of carboxylic acids is 5. The van der Waals surface area contributed by atoms with Gasteiger partial charge in [0, 0.05) is 6.61 Å². The quantitative estimate of drug-likeness (QED) is 0.173. The molecule has 0 rings (SSSR count). The summed E-state index contributed by atoms with van der Waals surface area (Å²) in [6, 6.07) is 0. The molecular weight excluding hydrogens is 368 g/mol. The minimum absolute atomic E-state index is 0.250. The van der Waals surface area contributed by atoms with Crippen LogP contribution in [0.25, 0.3) is 0 Å². The Bertz CT molecular complexity index is 441. The molecule has 0 aromatic carbocycles. The van der Waals surface area contributed by atoms with Crippen LogP contribution >= 0.6 is 0 Å². The molecule has 8 N–H and O–H groups in total. The third-order valence-electron chi connectivity index (χ3n) is 1.59. The molecule has 0 bridgehead atoms. The van der Waals surface area contributed by atoms with E-state index in [1.165, 1.54) is 0 Å². The van der Waals surface area contributed by atoms with Crippen LogP contribution in [0.4, 0.5) is 0 Å². The van der Waals surface area contributed by atoms with Crippen LogP contribution in [0.5, 0.6) is 0 Å². The molecule has 0 saturated heterocycles. The maximum absolute atomic E-state index is 10.3. The zero-order chi connectivity index (χ0) is 21.9. The molecule has 0 heterocycles. The molecule has 0 unspecified atom stereocenters. The third kappa shape index (κ3) is 28.8. The predicted molar refractivity (Wildman–Crippen MR) is 78.4 cm³/mol. The van der Waals surface area contributed by atoms with Crippen LogP contribution in [0.3, 0.4) is 0 Å². The normalized spacial score (nSPS) is 8.73. The van der Waals surface area contributed by atoms with Crippen molar-refractivity contribution in [2.75, 3.05) is 6.61 Å². The van der Waals surface area contributed by atoms with E-state index in [2.05, 4.69) is 0 Å². The number of carbonyl (C=O) groups is 6. The maximum Gasteiger partial charge on any atom is 0.336 e. The summed E-state index contributed by atoms with van der Waals surface area (Å²) in [5.74, 6) is -7.64. The van der Waals surface area contributed by atoms with E-state index in [9.17, 15) is 24.0 Å². The molecule has 0 aromatic heterocycles. The Morgan fingerprint density at radius 2 is 1.04 bits per heavy atom. The minimum Gasteiger partial charge on any atom is -0.483 e. The Morgan fingerprint density at radius 3 is 1.12 bits per heavy atom. The number of hydrogen-bond acceptors (Lipinski definition) is 8. The fourth-order valence-corrected chi connectivity index (χ4v) is 0.843. The summed E-state index contributed by atoms with van der Waals surface area (Å²) in [5.41, 5.74) is -2.74. The molecule has 14 nitrogen and oxygen atoms in total. The van der Waals surface area contributed by atoms with Crippen molar-refractivity contribution in [2.45, 2.75) is 31.8 Å². The van der Waals surface area contributed by atoms with Gasteiger partial charge in [0.25, 0.3) is 6.47 Å². The number of aliphatic hydroxyl groups is 2. The molecule has 0 aliphatic heterocycles. The molecule has 0 amide bonds. The summed E-state index contributed by atoms with van der Waals surface area (Å²) < 4.78 is 0. The second-order valence-corrected chi connectivity index (χ2v) is 3.86. The summed E-state index contributed by atoms with van der Waals surface area (Å²) in [6.07, 6.45) is -3.09. The summed E-state index contributed by atoms with van der Waals surface area (Å²) in [4.78, 5) is 57.7. The molecule has 0 spiro atoms.